The Morgan fingerprint density at radius 1 is 0.829 bits per heavy atom. The van der Waals surface area contributed by atoms with E-state index in [9.17, 15) is 0 Å². The lowest BCUT2D eigenvalue weighted by Crippen LogP contribution is -2.35. The first kappa shape index (κ1) is 28.5. The number of unbranched alkanes of at least 4 members (excludes halogenated alkanes) is 7. The molecule has 0 saturated heterocycles. The predicted molar refractivity (Wildman–Crippen MR) is 150 cm³/mol. The molecule has 3 rings (SSSR count). The molecule has 35 heavy (non-hydrogen) atoms. The third-order valence-corrected chi connectivity index (χ3v) is 7.63. The molecule has 2 unspecified atom stereocenters. The van der Waals surface area contributed by atoms with Crippen molar-refractivity contribution in [1.82, 2.24) is 9.80 Å². The summed E-state index contributed by atoms with van der Waals surface area (Å²) in [6, 6.07) is 13.1. The summed E-state index contributed by atoms with van der Waals surface area (Å²) in [6.07, 6.45) is 14.4. The maximum atomic E-state index is 7.00. The van der Waals surface area contributed by atoms with Crippen LogP contribution in [0.5, 0.6) is 0 Å². The molecule has 1 aliphatic heterocycles. The molecule has 2 aromatic rings. The molecule has 0 aliphatic carbocycles. The molecule has 0 N–H and O–H groups in total. The van der Waals surface area contributed by atoms with Gasteiger partial charge in [0.15, 0.2) is 0 Å². The molecule has 2 atom stereocenters. The molecule has 0 spiro atoms. The molecular formula is C28H36Cl4N2O. The number of hydrogen-bond donors (Lipinski definition) is 0. The zero-order chi connectivity index (χ0) is 25.0. The van der Waals surface area contributed by atoms with Gasteiger partial charge in [0.2, 0.25) is 0 Å². The van der Waals surface area contributed by atoms with Crippen LogP contribution in [0.3, 0.4) is 0 Å². The highest BCUT2D eigenvalue weighted by Gasteiger charge is 2.29. The van der Waals surface area contributed by atoms with Crippen LogP contribution in [-0.2, 0) is 11.3 Å². The standard InChI is InChI=1S/C28H36Cl4N2O/c1-2-3-4-5-6-7-8-9-16-33-17-18-34(21-33)28(32)27(22-10-13-24(29)14-11-22)35-20-23-12-15-25(30)19-26(23)31/h10-15,17-19,27-28H,2-9,16,20-21H2,1H3. The van der Waals surface area contributed by atoms with Crippen LogP contribution < -0.4 is 0 Å². The van der Waals surface area contributed by atoms with Crippen LogP contribution >= 0.6 is 46.4 Å². The summed E-state index contributed by atoms with van der Waals surface area (Å²) >= 11 is 25.5. The fourth-order valence-electron chi connectivity index (χ4n) is 4.22. The van der Waals surface area contributed by atoms with E-state index in [1.54, 1.807) is 6.07 Å². The lowest BCUT2D eigenvalue weighted by atomic mass is 10.1. The number of alkyl halides is 1. The number of ether oxygens (including phenoxy) is 1. The number of nitrogens with zero attached hydrogens (tertiary/aromatic N) is 2. The van der Waals surface area contributed by atoms with Crippen LogP contribution in [0, 0.1) is 0 Å². The fourth-order valence-corrected chi connectivity index (χ4v) is 5.15. The van der Waals surface area contributed by atoms with Gasteiger partial charge < -0.3 is 14.5 Å². The van der Waals surface area contributed by atoms with Crippen LogP contribution in [-0.4, -0.2) is 28.5 Å². The van der Waals surface area contributed by atoms with Crippen LogP contribution in [0.1, 0.15) is 75.5 Å². The van der Waals surface area contributed by atoms with Gasteiger partial charge in [-0.25, -0.2) is 0 Å². The van der Waals surface area contributed by atoms with E-state index in [0.717, 1.165) is 24.3 Å². The van der Waals surface area contributed by atoms with Crippen molar-refractivity contribution in [2.24, 2.45) is 0 Å². The SMILES string of the molecule is CCCCCCCCCCN1C=CN(C(Cl)C(OCc2ccc(Cl)cc2Cl)c2ccc(Cl)cc2)C1. The van der Waals surface area contributed by atoms with Crippen molar-refractivity contribution in [2.75, 3.05) is 13.2 Å². The molecule has 0 aromatic heterocycles. The van der Waals surface area contributed by atoms with E-state index in [4.69, 9.17) is 51.1 Å². The van der Waals surface area contributed by atoms with Crippen molar-refractivity contribution in [1.29, 1.82) is 0 Å². The van der Waals surface area contributed by atoms with Crippen molar-refractivity contribution in [3.8, 4) is 0 Å². The zero-order valence-corrected chi connectivity index (χ0v) is 23.5. The van der Waals surface area contributed by atoms with Crippen LogP contribution in [0.2, 0.25) is 15.1 Å². The average Bonchev–Trinajstić information content (AvgIpc) is 3.32. The van der Waals surface area contributed by atoms with Crippen molar-refractivity contribution in [3.63, 3.8) is 0 Å². The fraction of sp³-hybridized carbons (Fsp3) is 0.500. The monoisotopic (exact) mass is 556 g/mol. The van der Waals surface area contributed by atoms with Gasteiger partial charge in [-0.2, -0.15) is 0 Å². The third-order valence-electron chi connectivity index (χ3n) is 6.31. The third kappa shape index (κ3) is 9.37. The average molecular weight is 558 g/mol. The van der Waals surface area contributed by atoms with E-state index in [0.29, 0.717) is 21.7 Å². The van der Waals surface area contributed by atoms with Gasteiger partial charge in [-0.05, 0) is 41.8 Å². The molecule has 0 amide bonds. The minimum absolute atomic E-state index is 0.325. The summed E-state index contributed by atoms with van der Waals surface area (Å²) in [5.74, 6) is 0. The summed E-state index contributed by atoms with van der Waals surface area (Å²) in [5.41, 5.74) is 1.45. The lowest BCUT2D eigenvalue weighted by Gasteiger charge is -2.31. The number of hydrogen-bond acceptors (Lipinski definition) is 3. The topological polar surface area (TPSA) is 15.7 Å². The highest BCUT2D eigenvalue weighted by atomic mass is 35.5. The number of rotatable bonds is 15. The van der Waals surface area contributed by atoms with Gasteiger partial charge in [-0.15, -0.1) is 0 Å². The minimum atomic E-state index is -0.387. The summed E-state index contributed by atoms with van der Waals surface area (Å²) in [5, 5.41) is 1.86. The van der Waals surface area contributed by atoms with Crippen molar-refractivity contribution >= 4 is 46.4 Å². The van der Waals surface area contributed by atoms with Crippen LogP contribution in [0.4, 0.5) is 0 Å². The normalized spacial score (nSPS) is 15.1. The van der Waals surface area contributed by atoms with Crippen LogP contribution in [0.15, 0.2) is 54.9 Å². The highest BCUT2D eigenvalue weighted by molar-refractivity contribution is 6.35. The molecule has 1 aliphatic rings. The molecular weight excluding hydrogens is 522 g/mol. The van der Waals surface area contributed by atoms with Crippen molar-refractivity contribution in [3.05, 3.63) is 81.1 Å². The van der Waals surface area contributed by atoms with Gasteiger partial charge in [0.05, 0.1) is 13.3 Å². The largest absolute Gasteiger partial charge is 0.365 e. The summed E-state index contributed by atoms with van der Waals surface area (Å²) in [7, 11) is 0. The van der Waals surface area contributed by atoms with E-state index >= 15 is 0 Å². The van der Waals surface area contributed by atoms with E-state index in [-0.39, 0.29) is 11.6 Å². The summed E-state index contributed by atoms with van der Waals surface area (Å²) in [4.78, 5) is 4.44. The first-order chi connectivity index (χ1) is 17.0. The van der Waals surface area contributed by atoms with E-state index in [1.807, 2.05) is 36.4 Å². The summed E-state index contributed by atoms with van der Waals surface area (Å²) in [6.45, 7) is 4.38. The van der Waals surface area contributed by atoms with Crippen molar-refractivity contribution < 1.29 is 4.74 Å². The van der Waals surface area contributed by atoms with Gasteiger partial charge in [-0.3, -0.25) is 0 Å². The van der Waals surface area contributed by atoms with E-state index in [2.05, 4.69) is 29.1 Å². The minimum Gasteiger partial charge on any atom is -0.365 e. The molecule has 2 aromatic carbocycles. The second-order valence-electron chi connectivity index (χ2n) is 9.13. The molecule has 3 nitrogen and oxygen atoms in total. The van der Waals surface area contributed by atoms with Gasteiger partial charge in [-0.1, -0.05) is 116 Å². The Bertz CT molecular complexity index is 922. The molecule has 0 bridgehead atoms. The first-order valence-corrected chi connectivity index (χ1v) is 14.2. The highest BCUT2D eigenvalue weighted by Crippen LogP contribution is 2.33. The Balaban J connectivity index is 1.53. The van der Waals surface area contributed by atoms with E-state index < -0.39 is 0 Å². The predicted octanol–water partition coefficient (Wildman–Crippen LogP) is 9.66. The smallest absolute Gasteiger partial charge is 0.135 e. The van der Waals surface area contributed by atoms with E-state index in [1.165, 1.54) is 51.4 Å². The molecule has 1 heterocycles. The number of halogens is 4. The second kappa shape index (κ2) is 15.2. The maximum Gasteiger partial charge on any atom is 0.135 e. The molecule has 0 radical (unpaired) electrons. The Kier molecular flexibility index (Phi) is 12.4. The van der Waals surface area contributed by atoms with Crippen LogP contribution in [0.25, 0.3) is 0 Å². The Morgan fingerprint density at radius 3 is 2.17 bits per heavy atom. The van der Waals surface area contributed by atoms with Crippen molar-refractivity contribution in [2.45, 2.75) is 76.5 Å². The van der Waals surface area contributed by atoms with Gasteiger partial charge in [0, 0.05) is 34.0 Å². The summed E-state index contributed by atoms with van der Waals surface area (Å²) < 4.78 is 6.34. The Hall–Kier alpha value is -1.10. The van der Waals surface area contributed by atoms with Gasteiger partial charge in [0.1, 0.15) is 11.6 Å². The maximum absolute atomic E-state index is 7.00. The Labute approximate surface area is 230 Å². The number of benzene rings is 2. The molecule has 0 fully saturated rings. The Morgan fingerprint density at radius 2 is 1.49 bits per heavy atom. The zero-order valence-electron chi connectivity index (χ0n) is 20.4. The lowest BCUT2D eigenvalue weighted by molar-refractivity contribution is 0.00680. The van der Waals surface area contributed by atoms with Gasteiger partial charge >= 0.3 is 0 Å². The first-order valence-electron chi connectivity index (χ1n) is 12.6. The molecule has 192 valence electrons. The van der Waals surface area contributed by atoms with Gasteiger partial charge in [0.25, 0.3) is 0 Å². The quantitative estimate of drug-likeness (QED) is 0.123. The molecule has 7 heteroatoms. The second-order valence-corrected chi connectivity index (χ2v) is 10.9. The molecule has 0 saturated carbocycles.